The van der Waals surface area contributed by atoms with Crippen LogP contribution in [0, 0.1) is 0 Å². The van der Waals surface area contributed by atoms with Gasteiger partial charge in [0, 0.05) is 6.54 Å². The van der Waals surface area contributed by atoms with Gasteiger partial charge in [-0.15, -0.1) is 0 Å². The van der Waals surface area contributed by atoms with Crippen molar-refractivity contribution in [2.24, 2.45) is 10.7 Å². The van der Waals surface area contributed by atoms with E-state index in [0.29, 0.717) is 12.5 Å². The van der Waals surface area contributed by atoms with Crippen LogP contribution in [0.2, 0.25) is 0 Å². The van der Waals surface area contributed by atoms with Gasteiger partial charge in [0.05, 0.1) is 6.54 Å². The SMILES string of the molecule is CCCCCCNC(N)=NCc1cccc(O)c1. The first-order chi connectivity index (χ1) is 8.72. The molecule has 0 aromatic heterocycles. The van der Waals surface area contributed by atoms with E-state index in [1.54, 1.807) is 18.2 Å². The lowest BCUT2D eigenvalue weighted by molar-refractivity contribution is 0.474. The van der Waals surface area contributed by atoms with Crippen molar-refractivity contribution in [2.75, 3.05) is 6.54 Å². The molecule has 4 heteroatoms. The van der Waals surface area contributed by atoms with E-state index in [1.165, 1.54) is 19.3 Å². The van der Waals surface area contributed by atoms with Crippen molar-refractivity contribution in [2.45, 2.75) is 39.2 Å². The van der Waals surface area contributed by atoms with Gasteiger partial charge in [0.2, 0.25) is 0 Å². The number of aliphatic imine (C=N–C) groups is 1. The summed E-state index contributed by atoms with van der Waals surface area (Å²) in [6.07, 6.45) is 4.85. The fourth-order valence-corrected chi connectivity index (χ4v) is 1.66. The lowest BCUT2D eigenvalue weighted by Gasteiger charge is -2.05. The average Bonchev–Trinajstić information content (AvgIpc) is 2.36. The molecule has 1 aromatic carbocycles. The summed E-state index contributed by atoms with van der Waals surface area (Å²) in [7, 11) is 0. The van der Waals surface area contributed by atoms with E-state index in [4.69, 9.17) is 5.73 Å². The Bertz CT molecular complexity index is 377. The number of aromatic hydroxyl groups is 1. The van der Waals surface area contributed by atoms with Gasteiger partial charge in [0.25, 0.3) is 0 Å². The monoisotopic (exact) mass is 249 g/mol. The summed E-state index contributed by atoms with van der Waals surface area (Å²) < 4.78 is 0. The zero-order valence-electron chi connectivity index (χ0n) is 11.0. The molecule has 100 valence electrons. The first-order valence-corrected chi connectivity index (χ1v) is 6.54. The Kier molecular flexibility index (Phi) is 6.69. The van der Waals surface area contributed by atoms with Crippen molar-refractivity contribution in [3.8, 4) is 5.75 Å². The van der Waals surface area contributed by atoms with Crippen molar-refractivity contribution < 1.29 is 5.11 Å². The number of nitrogens with zero attached hydrogens (tertiary/aromatic N) is 1. The molecule has 0 saturated heterocycles. The molecule has 0 aliphatic heterocycles. The van der Waals surface area contributed by atoms with Crippen molar-refractivity contribution in [3.63, 3.8) is 0 Å². The van der Waals surface area contributed by atoms with Crippen LogP contribution in [-0.4, -0.2) is 17.6 Å². The second kappa shape index (κ2) is 8.39. The Morgan fingerprint density at radius 2 is 2.17 bits per heavy atom. The standard InChI is InChI=1S/C14H23N3O/c1-2-3-4-5-9-16-14(15)17-11-12-7-6-8-13(18)10-12/h6-8,10,18H,2-5,9,11H2,1H3,(H3,15,16,17). The smallest absolute Gasteiger partial charge is 0.188 e. The van der Waals surface area contributed by atoms with Gasteiger partial charge in [-0.3, -0.25) is 0 Å². The Labute approximate surface area is 109 Å². The molecule has 0 saturated carbocycles. The predicted octanol–water partition coefficient (Wildman–Crippen LogP) is 2.38. The van der Waals surface area contributed by atoms with E-state index < -0.39 is 0 Å². The highest BCUT2D eigenvalue weighted by Gasteiger charge is 1.95. The maximum atomic E-state index is 9.31. The number of phenols is 1. The van der Waals surface area contributed by atoms with E-state index in [9.17, 15) is 5.11 Å². The number of guanidine groups is 1. The minimum atomic E-state index is 0.258. The van der Waals surface area contributed by atoms with E-state index in [2.05, 4.69) is 17.2 Å². The molecule has 0 unspecified atom stereocenters. The molecule has 0 spiro atoms. The van der Waals surface area contributed by atoms with E-state index in [1.807, 2.05) is 6.07 Å². The average molecular weight is 249 g/mol. The molecule has 0 aliphatic carbocycles. The lowest BCUT2D eigenvalue weighted by Crippen LogP contribution is -2.32. The number of nitrogens with one attached hydrogen (secondary N) is 1. The van der Waals surface area contributed by atoms with Crippen LogP contribution in [0.1, 0.15) is 38.2 Å². The van der Waals surface area contributed by atoms with Crippen molar-refractivity contribution in [1.29, 1.82) is 0 Å². The van der Waals surface area contributed by atoms with Crippen LogP contribution < -0.4 is 11.1 Å². The fraction of sp³-hybridized carbons (Fsp3) is 0.500. The predicted molar refractivity (Wildman–Crippen MR) is 75.6 cm³/mol. The van der Waals surface area contributed by atoms with Gasteiger partial charge >= 0.3 is 0 Å². The molecule has 18 heavy (non-hydrogen) atoms. The normalized spacial score (nSPS) is 11.5. The van der Waals surface area contributed by atoms with Gasteiger partial charge in [-0.05, 0) is 24.1 Å². The van der Waals surface area contributed by atoms with Gasteiger partial charge in [0.15, 0.2) is 5.96 Å². The number of phenolic OH excluding ortho intramolecular Hbond substituents is 1. The molecule has 4 N–H and O–H groups in total. The minimum absolute atomic E-state index is 0.258. The Balaban J connectivity index is 2.25. The molecule has 0 heterocycles. The molecule has 0 atom stereocenters. The Morgan fingerprint density at radius 1 is 1.33 bits per heavy atom. The largest absolute Gasteiger partial charge is 0.508 e. The van der Waals surface area contributed by atoms with Gasteiger partial charge < -0.3 is 16.2 Å². The second-order valence-electron chi connectivity index (χ2n) is 4.36. The number of rotatable bonds is 7. The summed E-state index contributed by atoms with van der Waals surface area (Å²) >= 11 is 0. The van der Waals surface area contributed by atoms with Crippen LogP contribution in [0.3, 0.4) is 0 Å². The highest BCUT2D eigenvalue weighted by Crippen LogP contribution is 2.11. The van der Waals surface area contributed by atoms with E-state index in [-0.39, 0.29) is 5.75 Å². The van der Waals surface area contributed by atoms with Crippen LogP contribution >= 0.6 is 0 Å². The van der Waals surface area contributed by atoms with Gasteiger partial charge in [-0.25, -0.2) is 4.99 Å². The first kappa shape index (κ1) is 14.4. The quantitative estimate of drug-likeness (QED) is 0.395. The number of hydrogen-bond acceptors (Lipinski definition) is 2. The molecule has 1 aromatic rings. The number of hydrogen-bond donors (Lipinski definition) is 3. The lowest BCUT2D eigenvalue weighted by atomic mass is 10.2. The van der Waals surface area contributed by atoms with Crippen LogP contribution in [0.5, 0.6) is 5.75 Å². The second-order valence-corrected chi connectivity index (χ2v) is 4.36. The summed E-state index contributed by atoms with van der Waals surface area (Å²) in [6, 6.07) is 7.05. The third-order valence-corrected chi connectivity index (χ3v) is 2.68. The Morgan fingerprint density at radius 3 is 2.89 bits per heavy atom. The molecule has 0 radical (unpaired) electrons. The maximum absolute atomic E-state index is 9.31. The maximum Gasteiger partial charge on any atom is 0.188 e. The van der Waals surface area contributed by atoms with Gasteiger partial charge in [-0.1, -0.05) is 38.3 Å². The molecular weight excluding hydrogens is 226 g/mol. The summed E-state index contributed by atoms with van der Waals surface area (Å²) in [6.45, 7) is 3.55. The highest BCUT2D eigenvalue weighted by atomic mass is 16.3. The molecule has 0 bridgehead atoms. The molecule has 0 amide bonds. The van der Waals surface area contributed by atoms with Crippen molar-refractivity contribution >= 4 is 5.96 Å². The number of benzene rings is 1. The van der Waals surface area contributed by atoms with E-state index in [0.717, 1.165) is 18.5 Å². The van der Waals surface area contributed by atoms with Crippen LogP contribution in [0.15, 0.2) is 29.3 Å². The summed E-state index contributed by atoms with van der Waals surface area (Å²) in [4.78, 5) is 4.23. The van der Waals surface area contributed by atoms with E-state index >= 15 is 0 Å². The summed E-state index contributed by atoms with van der Waals surface area (Å²) in [5, 5.41) is 12.4. The zero-order chi connectivity index (χ0) is 13.2. The highest BCUT2D eigenvalue weighted by molar-refractivity contribution is 5.77. The number of unbranched alkanes of at least 4 members (excludes halogenated alkanes) is 3. The zero-order valence-corrected chi connectivity index (χ0v) is 11.0. The fourth-order valence-electron chi connectivity index (χ4n) is 1.66. The van der Waals surface area contributed by atoms with Crippen LogP contribution in [-0.2, 0) is 6.54 Å². The third kappa shape index (κ3) is 6.13. The molecule has 4 nitrogen and oxygen atoms in total. The third-order valence-electron chi connectivity index (χ3n) is 2.68. The molecule has 0 aliphatic rings. The first-order valence-electron chi connectivity index (χ1n) is 6.54. The molecular formula is C14H23N3O. The molecule has 1 rings (SSSR count). The minimum Gasteiger partial charge on any atom is -0.508 e. The molecule has 0 fully saturated rings. The van der Waals surface area contributed by atoms with Crippen molar-refractivity contribution in [1.82, 2.24) is 5.32 Å². The van der Waals surface area contributed by atoms with Crippen molar-refractivity contribution in [3.05, 3.63) is 29.8 Å². The topological polar surface area (TPSA) is 70.6 Å². The van der Waals surface area contributed by atoms with Gasteiger partial charge in [-0.2, -0.15) is 0 Å². The summed E-state index contributed by atoms with van der Waals surface area (Å²) in [5.74, 6) is 0.726. The number of nitrogens with two attached hydrogens (primary N) is 1. The van der Waals surface area contributed by atoms with Gasteiger partial charge in [0.1, 0.15) is 5.75 Å². The van der Waals surface area contributed by atoms with Crippen LogP contribution in [0.4, 0.5) is 0 Å². The summed E-state index contributed by atoms with van der Waals surface area (Å²) in [5.41, 5.74) is 6.70. The Hall–Kier alpha value is -1.71. The van der Waals surface area contributed by atoms with Crippen LogP contribution in [0.25, 0.3) is 0 Å².